The van der Waals surface area contributed by atoms with Crippen LogP contribution in [0.25, 0.3) is 11.4 Å². The van der Waals surface area contributed by atoms with E-state index in [1.54, 1.807) is 0 Å². The summed E-state index contributed by atoms with van der Waals surface area (Å²) >= 11 is 3.28. The Bertz CT molecular complexity index is 581. The van der Waals surface area contributed by atoms with Gasteiger partial charge in [-0.1, -0.05) is 15.9 Å². The van der Waals surface area contributed by atoms with Gasteiger partial charge in [-0.2, -0.15) is 0 Å². The van der Waals surface area contributed by atoms with Crippen molar-refractivity contribution in [1.82, 2.24) is 15.3 Å². The maximum atomic E-state index is 13.4. The zero-order valence-electron chi connectivity index (χ0n) is 9.58. The Morgan fingerprint density at radius 2 is 2.17 bits per heavy atom. The SMILES string of the molecule is Fc1cc(Br)cc(-c2ncc3c(n2)CCNC3)c1. The van der Waals surface area contributed by atoms with Crippen molar-refractivity contribution in [3.8, 4) is 11.4 Å². The molecule has 0 unspecified atom stereocenters. The first kappa shape index (κ1) is 11.7. The summed E-state index contributed by atoms with van der Waals surface area (Å²) in [5.41, 5.74) is 2.88. The molecule has 1 aromatic carbocycles. The fraction of sp³-hybridized carbons (Fsp3) is 0.231. The fourth-order valence-electron chi connectivity index (χ4n) is 2.06. The van der Waals surface area contributed by atoms with Gasteiger partial charge in [-0.15, -0.1) is 0 Å². The molecule has 2 aromatic rings. The van der Waals surface area contributed by atoms with Crippen LogP contribution in [0.2, 0.25) is 0 Å². The Labute approximate surface area is 113 Å². The van der Waals surface area contributed by atoms with Crippen LogP contribution in [0, 0.1) is 5.82 Å². The van der Waals surface area contributed by atoms with Crippen LogP contribution in [0.1, 0.15) is 11.3 Å². The number of aromatic nitrogens is 2. The second kappa shape index (κ2) is 4.74. The van der Waals surface area contributed by atoms with E-state index in [4.69, 9.17) is 0 Å². The van der Waals surface area contributed by atoms with Crippen molar-refractivity contribution in [1.29, 1.82) is 0 Å². The normalized spacial score (nSPS) is 14.3. The van der Waals surface area contributed by atoms with Crippen molar-refractivity contribution in [2.24, 2.45) is 0 Å². The molecule has 0 radical (unpaired) electrons. The predicted molar refractivity (Wildman–Crippen MR) is 70.5 cm³/mol. The average molecular weight is 308 g/mol. The van der Waals surface area contributed by atoms with Gasteiger partial charge in [0.2, 0.25) is 0 Å². The van der Waals surface area contributed by atoms with E-state index in [1.807, 2.05) is 12.3 Å². The summed E-state index contributed by atoms with van der Waals surface area (Å²) in [7, 11) is 0. The molecule has 3 nitrogen and oxygen atoms in total. The van der Waals surface area contributed by atoms with E-state index in [0.29, 0.717) is 15.9 Å². The largest absolute Gasteiger partial charge is 0.312 e. The van der Waals surface area contributed by atoms with Crippen molar-refractivity contribution in [3.05, 3.63) is 45.9 Å². The molecule has 1 aromatic heterocycles. The van der Waals surface area contributed by atoms with E-state index >= 15 is 0 Å². The van der Waals surface area contributed by atoms with Gasteiger partial charge in [0.15, 0.2) is 5.82 Å². The van der Waals surface area contributed by atoms with Crippen molar-refractivity contribution in [2.45, 2.75) is 13.0 Å². The predicted octanol–water partition coefficient (Wildman–Crippen LogP) is 2.69. The van der Waals surface area contributed by atoms with Crippen molar-refractivity contribution in [3.63, 3.8) is 0 Å². The van der Waals surface area contributed by atoms with Crippen LogP contribution >= 0.6 is 15.9 Å². The lowest BCUT2D eigenvalue weighted by molar-refractivity contribution is 0.624. The first-order valence-corrected chi connectivity index (χ1v) is 6.53. The highest BCUT2D eigenvalue weighted by molar-refractivity contribution is 9.10. The van der Waals surface area contributed by atoms with Crippen LogP contribution in [-0.4, -0.2) is 16.5 Å². The van der Waals surface area contributed by atoms with E-state index in [9.17, 15) is 4.39 Å². The maximum Gasteiger partial charge on any atom is 0.159 e. The molecule has 2 heterocycles. The number of hydrogen-bond acceptors (Lipinski definition) is 3. The lowest BCUT2D eigenvalue weighted by Crippen LogP contribution is -2.24. The average Bonchev–Trinajstić information content (AvgIpc) is 2.37. The highest BCUT2D eigenvalue weighted by atomic mass is 79.9. The number of benzene rings is 1. The van der Waals surface area contributed by atoms with Gasteiger partial charge in [0.25, 0.3) is 0 Å². The third-order valence-corrected chi connectivity index (χ3v) is 3.39. The van der Waals surface area contributed by atoms with Crippen LogP contribution in [0.5, 0.6) is 0 Å². The van der Waals surface area contributed by atoms with Crippen molar-refractivity contribution >= 4 is 15.9 Å². The standard InChI is InChI=1S/C13H11BrFN3/c14-10-3-8(4-11(15)5-10)13-17-7-9-6-16-2-1-12(9)18-13/h3-5,7,16H,1-2,6H2. The molecule has 0 saturated heterocycles. The summed E-state index contributed by atoms with van der Waals surface area (Å²) in [6.45, 7) is 1.73. The third kappa shape index (κ3) is 2.28. The Morgan fingerprint density at radius 1 is 1.28 bits per heavy atom. The lowest BCUT2D eigenvalue weighted by Gasteiger charge is -2.16. The Morgan fingerprint density at radius 3 is 3.00 bits per heavy atom. The number of nitrogens with one attached hydrogen (secondary N) is 1. The van der Waals surface area contributed by atoms with Crippen molar-refractivity contribution < 1.29 is 4.39 Å². The molecule has 0 saturated carbocycles. The van der Waals surface area contributed by atoms with E-state index in [2.05, 4.69) is 31.2 Å². The molecule has 0 atom stereocenters. The van der Waals surface area contributed by atoms with Gasteiger partial charge in [-0.3, -0.25) is 0 Å². The molecular formula is C13H11BrFN3. The first-order valence-electron chi connectivity index (χ1n) is 5.74. The molecular weight excluding hydrogens is 297 g/mol. The van der Waals surface area contributed by atoms with Gasteiger partial charge in [-0.05, 0) is 18.2 Å². The zero-order chi connectivity index (χ0) is 12.5. The number of fused-ring (bicyclic) bond motifs is 1. The smallest absolute Gasteiger partial charge is 0.159 e. The summed E-state index contributed by atoms with van der Waals surface area (Å²) < 4.78 is 14.1. The Balaban J connectivity index is 2.06. The highest BCUT2D eigenvalue weighted by Crippen LogP contribution is 2.23. The minimum absolute atomic E-state index is 0.289. The summed E-state index contributed by atoms with van der Waals surface area (Å²) in [6.07, 6.45) is 2.71. The van der Waals surface area contributed by atoms with Gasteiger partial charge in [-0.25, -0.2) is 14.4 Å². The van der Waals surface area contributed by atoms with E-state index in [1.165, 1.54) is 12.1 Å². The van der Waals surface area contributed by atoms with Crippen LogP contribution in [0.3, 0.4) is 0 Å². The van der Waals surface area contributed by atoms with E-state index in [0.717, 1.165) is 30.8 Å². The molecule has 1 aliphatic rings. The fourth-order valence-corrected chi connectivity index (χ4v) is 2.52. The molecule has 0 bridgehead atoms. The minimum atomic E-state index is -0.289. The second-order valence-corrected chi connectivity index (χ2v) is 5.17. The molecule has 18 heavy (non-hydrogen) atoms. The van der Waals surface area contributed by atoms with Gasteiger partial charge >= 0.3 is 0 Å². The Kier molecular flexibility index (Phi) is 3.09. The van der Waals surface area contributed by atoms with Crippen molar-refractivity contribution in [2.75, 3.05) is 6.54 Å². The summed E-state index contributed by atoms with van der Waals surface area (Å²) in [5.74, 6) is 0.290. The number of rotatable bonds is 1. The molecule has 3 rings (SSSR count). The lowest BCUT2D eigenvalue weighted by atomic mass is 10.1. The molecule has 0 aliphatic carbocycles. The summed E-state index contributed by atoms with van der Waals surface area (Å²) in [6, 6.07) is 4.70. The number of halogens is 2. The Hall–Kier alpha value is -1.33. The first-order chi connectivity index (χ1) is 8.72. The molecule has 92 valence electrons. The van der Waals surface area contributed by atoms with E-state index in [-0.39, 0.29) is 5.82 Å². The monoisotopic (exact) mass is 307 g/mol. The van der Waals surface area contributed by atoms with Crippen LogP contribution in [0.4, 0.5) is 4.39 Å². The number of nitrogens with zero attached hydrogens (tertiary/aromatic N) is 2. The van der Waals surface area contributed by atoms with Gasteiger partial charge < -0.3 is 5.32 Å². The quantitative estimate of drug-likeness (QED) is 0.880. The molecule has 0 amide bonds. The molecule has 1 N–H and O–H groups in total. The van der Waals surface area contributed by atoms with Crippen LogP contribution < -0.4 is 5.32 Å². The highest BCUT2D eigenvalue weighted by Gasteiger charge is 2.13. The minimum Gasteiger partial charge on any atom is -0.312 e. The molecule has 0 spiro atoms. The third-order valence-electron chi connectivity index (χ3n) is 2.93. The topological polar surface area (TPSA) is 37.8 Å². The number of hydrogen-bond donors (Lipinski definition) is 1. The summed E-state index contributed by atoms with van der Waals surface area (Å²) in [4.78, 5) is 8.83. The molecule has 1 aliphatic heterocycles. The van der Waals surface area contributed by atoms with Crippen LogP contribution in [-0.2, 0) is 13.0 Å². The van der Waals surface area contributed by atoms with Gasteiger partial charge in [0.05, 0.1) is 5.69 Å². The summed E-state index contributed by atoms with van der Waals surface area (Å²) in [5, 5.41) is 3.27. The van der Waals surface area contributed by atoms with Gasteiger partial charge in [0, 0.05) is 41.3 Å². The van der Waals surface area contributed by atoms with E-state index < -0.39 is 0 Å². The molecule has 0 fully saturated rings. The van der Waals surface area contributed by atoms with Gasteiger partial charge in [0.1, 0.15) is 5.82 Å². The second-order valence-electron chi connectivity index (χ2n) is 4.25. The molecule has 5 heteroatoms. The zero-order valence-corrected chi connectivity index (χ0v) is 11.2. The van der Waals surface area contributed by atoms with Crippen LogP contribution in [0.15, 0.2) is 28.9 Å². The maximum absolute atomic E-state index is 13.4.